The molecule has 4 nitrogen and oxygen atoms in total. The number of aromatic carboxylic acids is 1. The van der Waals surface area contributed by atoms with E-state index in [0.717, 1.165) is 6.07 Å². The van der Waals surface area contributed by atoms with Crippen LogP contribution in [0.1, 0.15) is 10.4 Å². The lowest BCUT2D eigenvalue weighted by Crippen LogP contribution is -1.98. The van der Waals surface area contributed by atoms with Gasteiger partial charge in [-0.25, -0.2) is 9.18 Å². The van der Waals surface area contributed by atoms with Crippen LogP contribution in [0, 0.1) is 5.82 Å². The molecule has 1 aromatic heterocycles. The maximum Gasteiger partial charge on any atom is 0.337 e. The maximum atomic E-state index is 13.3. The van der Waals surface area contributed by atoms with Crippen LogP contribution in [0.3, 0.4) is 0 Å². The highest BCUT2D eigenvalue weighted by Gasteiger charge is 2.10. The molecule has 0 aliphatic heterocycles. The number of nitrogens with zero attached hydrogens (tertiary/aromatic N) is 1. The second kappa shape index (κ2) is 5.54. The summed E-state index contributed by atoms with van der Waals surface area (Å²) in [5, 5.41) is 8.78. The van der Waals surface area contributed by atoms with Gasteiger partial charge in [0.25, 0.3) is 0 Å². The SMILES string of the molecule is O=C(O)c1cncc(Oc2cc(F)c(Cl)cc2Br)c1. The van der Waals surface area contributed by atoms with Gasteiger partial charge < -0.3 is 9.84 Å². The van der Waals surface area contributed by atoms with Gasteiger partial charge in [0.05, 0.1) is 21.3 Å². The summed E-state index contributed by atoms with van der Waals surface area (Å²) in [6, 6.07) is 3.73. The van der Waals surface area contributed by atoms with Crippen molar-refractivity contribution in [2.75, 3.05) is 0 Å². The zero-order valence-corrected chi connectivity index (χ0v) is 11.6. The first kappa shape index (κ1) is 13.8. The van der Waals surface area contributed by atoms with Crippen molar-refractivity contribution in [2.24, 2.45) is 0 Å². The number of hydrogen-bond donors (Lipinski definition) is 1. The molecule has 19 heavy (non-hydrogen) atoms. The molecule has 2 rings (SSSR count). The van der Waals surface area contributed by atoms with Gasteiger partial charge >= 0.3 is 5.97 Å². The Kier molecular flexibility index (Phi) is 4.01. The summed E-state index contributed by atoms with van der Waals surface area (Å²) in [4.78, 5) is 14.5. The Morgan fingerprint density at radius 3 is 2.79 bits per heavy atom. The fourth-order valence-corrected chi connectivity index (χ4v) is 2.02. The van der Waals surface area contributed by atoms with E-state index < -0.39 is 11.8 Å². The Balaban J connectivity index is 2.33. The molecule has 98 valence electrons. The molecule has 0 radical (unpaired) electrons. The van der Waals surface area contributed by atoms with E-state index in [9.17, 15) is 9.18 Å². The van der Waals surface area contributed by atoms with E-state index in [0.29, 0.717) is 4.47 Å². The lowest BCUT2D eigenvalue weighted by Gasteiger charge is -2.08. The summed E-state index contributed by atoms with van der Waals surface area (Å²) >= 11 is 8.78. The van der Waals surface area contributed by atoms with Crippen molar-refractivity contribution in [2.45, 2.75) is 0 Å². The van der Waals surface area contributed by atoms with Crippen LogP contribution >= 0.6 is 27.5 Å². The van der Waals surface area contributed by atoms with Crippen LogP contribution in [-0.2, 0) is 0 Å². The van der Waals surface area contributed by atoms with Gasteiger partial charge in [-0.2, -0.15) is 0 Å². The number of ether oxygens (including phenoxy) is 1. The molecule has 1 heterocycles. The third-order valence-electron chi connectivity index (χ3n) is 2.16. The van der Waals surface area contributed by atoms with Crippen molar-refractivity contribution in [3.63, 3.8) is 0 Å². The highest BCUT2D eigenvalue weighted by atomic mass is 79.9. The highest BCUT2D eigenvalue weighted by Crippen LogP contribution is 2.33. The van der Waals surface area contributed by atoms with Crippen molar-refractivity contribution < 1.29 is 19.0 Å². The molecule has 0 atom stereocenters. The molecule has 1 N–H and O–H groups in total. The van der Waals surface area contributed by atoms with E-state index in [2.05, 4.69) is 20.9 Å². The molecule has 0 amide bonds. The maximum absolute atomic E-state index is 13.3. The van der Waals surface area contributed by atoms with Crippen LogP contribution in [0.5, 0.6) is 11.5 Å². The van der Waals surface area contributed by atoms with E-state index in [1.807, 2.05) is 0 Å². The topological polar surface area (TPSA) is 59.4 Å². The predicted octanol–water partition coefficient (Wildman–Crippen LogP) is 4.13. The first-order valence-electron chi connectivity index (χ1n) is 4.98. The molecule has 0 aliphatic carbocycles. The third kappa shape index (κ3) is 3.21. The van der Waals surface area contributed by atoms with Crippen molar-refractivity contribution >= 4 is 33.5 Å². The zero-order valence-electron chi connectivity index (χ0n) is 9.23. The van der Waals surface area contributed by atoms with Crippen LogP contribution in [-0.4, -0.2) is 16.1 Å². The van der Waals surface area contributed by atoms with Crippen LogP contribution < -0.4 is 4.74 Å². The predicted molar refractivity (Wildman–Crippen MR) is 70.4 cm³/mol. The fourth-order valence-electron chi connectivity index (χ4n) is 1.30. The summed E-state index contributed by atoms with van der Waals surface area (Å²) in [5.41, 5.74) is -0.0249. The number of hydrogen-bond acceptors (Lipinski definition) is 3. The van der Waals surface area contributed by atoms with Gasteiger partial charge in [-0.3, -0.25) is 4.98 Å². The second-order valence-corrected chi connectivity index (χ2v) is 4.77. The lowest BCUT2D eigenvalue weighted by atomic mass is 10.3. The normalized spacial score (nSPS) is 10.3. The van der Waals surface area contributed by atoms with E-state index >= 15 is 0 Å². The van der Waals surface area contributed by atoms with Crippen molar-refractivity contribution in [3.8, 4) is 11.5 Å². The van der Waals surface area contributed by atoms with Crippen LogP contribution in [0.4, 0.5) is 4.39 Å². The van der Waals surface area contributed by atoms with Gasteiger partial charge in [-0.15, -0.1) is 0 Å². The van der Waals surface area contributed by atoms with Crippen LogP contribution in [0.15, 0.2) is 35.1 Å². The summed E-state index contributed by atoms with van der Waals surface area (Å²) in [7, 11) is 0. The van der Waals surface area contributed by atoms with Gasteiger partial charge in [0, 0.05) is 12.3 Å². The van der Waals surface area contributed by atoms with E-state index in [1.165, 1.54) is 24.5 Å². The molecule has 0 saturated carbocycles. The summed E-state index contributed by atoms with van der Waals surface area (Å²) in [6.45, 7) is 0. The van der Waals surface area contributed by atoms with E-state index in [1.54, 1.807) is 0 Å². The Hall–Kier alpha value is -1.66. The van der Waals surface area contributed by atoms with Crippen LogP contribution in [0.25, 0.3) is 0 Å². The average Bonchev–Trinajstić information content (AvgIpc) is 2.36. The number of pyridine rings is 1. The summed E-state index contributed by atoms with van der Waals surface area (Å²) < 4.78 is 19.1. The Morgan fingerprint density at radius 1 is 1.37 bits per heavy atom. The molecule has 0 fully saturated rings. The van der Waals surface area contributed by atoms with E-state index in [-0.39, 0.29) is 22.1 Å². The Morgan fingerprint density at radius 2 is 2.11 bits per heavy atom. The number of halogens is 3. The minimum absolute atomic E-state index is 0.0249. The first-order valence-corrected chi connectivity index (χ1v) is 6.15. The van der Waals surface area contributed by atoms with E-state index in [4.69, 9.17) is 21.4 Å². The average molecular weight is 347 g/mol. The molecular formula is C12H6BrClFNO3. The molecular weight excluding hydrogens is 340 g/mol. The Labute approximate surface area is 120 Å². The van der Waals surface area contributed by atoms with Crippen molar-refractivity contribution in [1.82, 2.24) is 4.98 Å². The van der Waals surface area contributed by atoms with Crippen molar-refractivity contribution in [1.29, 1.82) is 0 Å². The minimum Gasteiger partial charge on any atom is -0.478 e. The van der Waals surface area contributed by atoms with Gasteiger partial charge in [0.15, 0.2) is 0 Å². The fraction of sp³-hybridized carbons (Fsp3) is 0. The monoisotopic (exact) mass is 345 g/mol. The van der Waals surface area contributed by atoms with Crippen molar-refractivity contribution in [3.05, 3.63) is 51.5 Å². The quantitative estimate of drug-likeness (QED) is 0.849. The number of aromatic nitrogens is 1. The number of carbonyl (C=O) groups is 1. The summed E-state index contributed by atoms with van der Waals surface area (Å²) in [5.74, 6) is -1.41. The van der Waals surface area contributed by atoms with Gasteiger partial charge in [-0.1, -0.05) is 11.6 Å². The van der Waals surface area contributed by atoms with Gasteiger partial charge in [-0.05, 0) is 28.1 Å². The minimum atomic E-state index is -1.13. The summed E-state index contributed by atoms with van der Waals surface area (Å²) in [6.07, 6.45) is 2.51. The molecule has 2 aromatic rings. The number of rotatable bonds is 3. The molecule has 0 bridgehead atoms. The first-order chi connectivity index (χ1) is 8.97. The molecule has 0 saturated heterocycles. The number of benzene rings is 1. The Bertz CT molecular complexity index is 651. The molecule has 0 aliphatic rings. The number of carboxylic acids is 1. The van der Waals surface area contributed by atoms with Crippen LogP contribution in [0.2, 0.25) is 5.02 Å². The van der Waals surface area contributed by atoms with Gasteiger partial charge in [0.2, 0.25) is 0 Å². The standard InChI is InChI=1S/C12H6BrClFNO3/c13-8-2-9(14)10(15)3-11(8)19-7-1-6(12(17)18)4-16-5-7/h1-5H,(H,17,18). The molecule has 1 aromatic carbocycles. The smallest absolute Gasteiger partial charge is 0.337 e. The van der Waals surface area contributed by atoms with Gasteiger partial charge in [0.1, 0.15) is 17.3 Å². The third-order valence-corrected chi connectivity index (χ3v) is 3.07. The highest BCUT2D eigenvalue weighted by molar-refractivity contribution is 9.10. The largest absolute Gasteiger partial charge is 0.478 e. The second-order valence-electron chi connectivity index (χ2n) is 3.51. The molecule has 7 heteroatoms. The number of carboxylic acid groups (broad SMARTS) is 1. The lowest BCUT2D eigenvalue weighted by molar-refractivity contribution is 0.0696. The molecule has 0 unspecified atom stereocenters. The molecule has 0 spiro atoms. The zero-order chi connectivity index (χ0) is 14.0.